The number of rotatable bonds is 7. The summed E-state index contributed by atoms with van der Waals surface area (Å²) >= 11 is 11.9. The van der Waals surface area contributed by atoms with Crippen molar-refractivity contribution in [2.45, 2.75) is 6.54 Å². The van der Waals surface area contributed by atoms with Crippen molar-refractivity contribution in [3.05, 3.63) is 76.3 Å². The Hall–Kier alpha value is -2.48. The second kappa shape index (κ2) is 9.12. The van der Waals surface area contributed by atoms with Crippen molar-refractivity contribution >= 4 is 29.1 Å². The first-order valence-electron chi connectivity index (χ1n) is 7.49. The second-order valence-electron chi connectivity index (χ2n) is 5.24. The molecule has 0 aliphatic carbocycles. The van der Waals surface area contributed by atoms with Crippen LogP contribution in [0.2, 0.25) is 10.0 Å². The fourth-order valence-corrected chi connectivity index (χ4v) is 2.60. The van der Waals surface area contributed by atoms with Gasteiger partial charge in [-0.05, 0) is 35.9 Å². The third-order valence-electron chi connectivity index (χ3n) is 3.40. The van der Waals surface area contributed by atoms with Gasteiger partial charge >= 0.3 is 0 Å². The van der Waals surface area contributed by atoms with Crippen molar-refractivity contribution in [2.75, 3.05) is 13.2 Å². The molecule has 1 amide bonds. The Morgan fingerprint density at radius 2 is 1.96 bits per heavy atom. The van der Waals surface area contributed by atoms with Gasteiger partial charge in [0.2, 0.25) is 0 Å². The van der Waals surface area contributed by atoms with Gasteiger partial charge in [0.1, 0.15) is 5.75 Å². The van der Waals surface area contributed by atoms with Crippen LogP contribution in [0.5, 0.6) is 5.75 Å². The molecule has 0 atom stereocenters. The molecule has 4 nitrogen and oxygen atoms in total. The average molecular weight is 375 g/mol. The van der Waals surface area contributed by atoms with E-state index < -0.39 is 0 Å². The molecule has 0 unspecified atom stereocenters. The average Bonchev–Trinajstić information content (AvgIpc) is 2.61. The molecule has 0 heterocycles. The van der Waals surface area contributed by atoms with E-state index in [1.807, 2.05) is 12.1 Å². The third kappa shape index (κ3) is 5.53. The lowest BCUT2D eigenvalue weighted by molar-refractivity contribution is -0.133. The van der Waals surface area contributed by atoms with Crippen molar-refractivity contribution in [1.82, 2.24) is 4.90 Å². The Kier molecular flexibility index (Phi) is 6.88. The molecule has 0 fully saturated rings. The number of carbonyl (C=O) groups is 1. The fourth-order valence-electron chi connectivity index (χ4n) is 2.14. The Labute approximate surface area is 156 Å². The third-order valence-corrected chi connectivity index (χ3v) is 3.93. The highest BCUT2D eigenvalue weighted by atomic mass is 35.5. The van der Waals surface area contributed by atoms with E-state index in [0.29, 0.717) is 34.4 Å². The van der Waals surface area contributed by atoms with Crippen molar-refractivity contribution in [2.24, 2.45) is 0 Å². The summed E-state index contributed by atoms with van der Waals surface area (Å²) in [5, 5.41) is 9.68. The van der Waals surface area contributed by atoms with E-state index in [4.69, 9.17) is 33.2 Å². The number of nitriles is 1. The Morgan fingerprint density at radius 1 is 1.24 bits per heavy atom. The normalized spacial score (nSPS) is 9.96. The number of amides is 1. The van der Waals surface area contributed by atoms with Crippen LogP contribution in [0.1, 0.15) is 11.1 Å². The highest BCUT2D eigenvalue weighted by Gasteiger charge is 2.14. The molecule has 0 bridgehead atoms. The Balaban J connectivity index is 2.01. The summed E-state index contributed by atoms with van der Waals surface area (Å²) in [4.78, 5) is 14.1. The molecule has 2 rings (SSSR count). The van der Waals surface area contributed by atoms with Gasteiger partial charge < -0.3 is 9.64 Å². The number of ether oxygens (including phenoxy) is 1. The van der Waals surface area contributed by atoms with Crippen LogP contribution in [0.25, 0.3) is 0 Å². The standard InChI is InChI=1S/C19H16Cl2N2O2/c1-2-9-23(12-15-5-3-14(11-22)4-6-15)19(24)13-25-18-8-7-16(20)10-17(18)21/h2-8,10H,1,9,12-13H2. The number of halogens is 2. The zero-order valence-corrected chi connectivity index (χ0v) is 14.9. The van der Waals surface area contributed by atoms with E-state index in [-0.39, 0.29) is 12.5 Å². The number of benzene rings is 2. The summed E-state index contributed by atoms with van der Waals surface area (Å²) in [5.74, 6) is 0.201. The first-order valence-corrected chi connectivity index (χ1v) is 8.24. The summed E-state index contributed by atoms with van der Waals surface area (Å²) in [6, 6.07) is 14.0. The van der Waals surface area contributed by atoms with Crippen molar-refractivity contribution in [3.63, 3.8) is 0 Å². The van der Waals surface area contributed by atoms with E-state index in [2.05, 4.69) is 12.6 Å². The van der Waals surface area contributed by atoms with Gasteiger partial charge in [-0.25, -0.2) is 0 Å². The van der Waals surface area contributed by atoms with Gasteiger partial charge in [-0.15, -0.1) is 6.58 Å². The first kappa shape index (κ1) is 18.9. The summed E-state index contributed by atoms with van der Waals surface area (Å²) in [6.07, 6.45) is 1.65. The lowest BCUT2D eigenvalue weighted by atomic mass is 10.1. The maximum atomic E-state index is 12.4. The molecule has 0 saturated heterocycles. The minimum Gasteiger partial charge on any atom is -0.482 e. The molecule has 0 aliphatic rings. The quantitative estimate of drug-likeness (QED) is 0.672. The molecule has 128 valence electrons. The van der Waals surface area contributed by atoms with Gasteiger partial charge in [0.15, 0.2) is 6.61 Å². The number of carbonyl (C=O) groups excluding carboxylic acids is 1. The fraction of sp³-hybridized carbons (Fsp3) is 0.158. The molecular weight excluding hydrogens is 359 g/mol. The monoisotopic (exact) mass is 374 g/mol. The summed E-state index contributed by atoms with van der Waals surface area (Å²) < 4.78 is 5.50. The van der Waals surface area contributed by atoms with E-state index in [0.717, 1.165) is 5.56 Å². The molecule has 6 heteroatoms. The smallest absolute Gasteiger partial charge is 0.261 e. The molecule has 0 aromatic heterocycles. The minimum absolute atomic E-state index is 0.147. The Morgan fingerprint density at radius 3 is 2.56 bits per heavy atom. The van der Waals surface area contributed by atoms with Crippen LogP contribution < -0.4 is 4.74 Å². The molecule has 0 radical (unpaired) electrons. The van der Waals surface area contributed by atoms with Crippen LogP contribution >= 0.6 is 23.2 Å². The van der Waals surface area contributed by atoms with Crippen LogP contribution in [-0.4, -0.2) is 24.0 Å². The van der Waals surface area contributed by atoms with Crippen LogP contribution in [0.15, 0.2) is 55.1 Å². The summed E-state index contributed by atoms with van der Waals surface area (Å²) in [7, 11) is 0. The molecule has 2 aromatic rings. The van der Waals surface area contributed by atoms with E-state index in [1.54, 1.807) is 41.3 Å². The largest absolute Gasteiger partial charge is 0.482 e. The zero-order chi connectivity index (χ0) is 18.2. The van der Waals surface area contributed by atoms with Gasteiger partial charge in [0, 0.05) is 18.1 Å². The first-order chi connectivity index (χ1) is 12.0. The van der Waals surface area contributed by atoms with E-state index >= 15 is 0 Å². The lowest BCUT2D eigenvalue weighted by Gasteiger charge is -2.21. The highest BCUT2D eigenvalue weighted by molar-refractivity contribution is 6.35. The lowest BCUT2D eigenvalue weighted by Crippen LogP contribution is -2.34. The molecule has 0 aliphatic heterocycles. The minimum atomic E-state index is -0.199. The summed E-state index contributed by atoms with van der Waals surface area (Å²) in [6.45, 7) is 4.32. The molecule has 25 heavy (non-hydrogen) atoms. The summed E-state index contributed by atoms with van der Waals surface area (Å²) in [5.41, 5.74) is 1.49. The predicted octanol–water partition coefficient (Wildman–Crippen LogP) is 4.46. The Bertz CT molecular complexity index is 798. The van der Waals surface area contributed by atoms with E-state index in [1.165, 1.54) is 0 Å². The second-order valence-corrected chi connectivity index (χ2v) is 6.08. The van der Waals surface area contributed by atoms with Gasteiger partial charge in [-0.1, -0.05) is 41.4 Å². The zero-order valence-electron chi connectivity index (χ0n) is 13.4. The molecule has 2 aromatic carbocycles. The van der Waals surface area contributed by atoms with Crippen LogP contribution in [0, 0.1) is 11.3 Å². The highest BCUT2D eigenvalue weighted by Crippen LogP contribution is 2.27. The molecular formula is C19H16Cl2N2O2. The maximum absolute atomic E-state index is 12.4. The predicted molar refractivity (Wildman–Crippen MR) is 98.7 cm³/mol. The van der Waals surface area contributed by atoms with Crippen LogP contribution in [0.4, 0.5) is 0 Å². The van der Waals surface area contributed by atoms with Gasteiger partial charge in [-0.2, -0.15) is 5.26 Å². The van der Waals surface area contributed by atoms with Gasteiger partial charge in [0.05, 0.1) is 16.7 Å². The SMILES string of the molecule is C=CCN(Cc1ccc(C#N)cc1)C(=O)COc1ccc(Cl)cc1Cl. The van der Waals surface area contributed by atoms with Gasteiger partial charge in [0.25, 0.3) is 5.91 Å². The maximum Gasteiger partial charge on any atom is 0.261 e. The number of hydrogen-bond acceptors (Lipinski definition) is 3. The topological polar surface area (TPSA) is 53.3 Å². The number of nitrogens with zero attached hydrogens (tertiary/aromatic N) is 2. The number of hydrogen-bond donors (Lipinski definition) is 0. The molecule has 0 saturated carbocycles. The molecule has 0 N–H and O–H groups in total. The van der Waals surface area contributed by atoms with Crippen molar-refractivity contribution < 1.29 is 9.53 Å². The van der Waals surface area contributed by atoms with Crippen LogP contribution in [-0.2, 0) is 11.3 Å². The molecule has 0 spiro atoms. The van der Waals surface area contributed by atoms with E-state index in [9.17, 15) is 4.79 Å². The van der Waals surface area contributed by atoms with Crippen LogP contribution in [0.3, 0.4) is 0 Å². The van der Waals surface area contributed by atoms with Crippen molar-refractivity contribution in [3.8, 4) is 11.8 Å². The van der Waals surface area contributed by atoms with Crippen molar-refractivity contribution in [1.29, 1.82) is 5.26 Å². The van der Waals surface area contributed by atoms with Gasteiger partial charge in [-0.3, -0.25) is 4.79 Å².